The van der Waals surface area contributed by atoms with Crippen LogP contribution in [-0.2, 0) is 0 Å². The third-order valence-corrected chi connectivity index (χ3v) is 4.72. The Bertz CT molecular complexity index is 724. The fraction of sp³-hybridized carbons (Fsp3) is 0.400. The van der Waals surface area contributed by atoms with E-state index in [1.165, 1.54) is 36.4 Å². The molecule has 0 heterocycles. The van der Waals surface area contributed by atoms with Gasteiger partial charge in [-0.3, -0.25) is 0 Å². The normalized spacial score (nSPS) is 15.7. The van der Waals surface area contributed by atoms with Crippen molar-refractivity contribution in [2.75, 3.05) is 0 Å². The first-order valence-electron chi connectivity index (χ1n) is 8.65. The fourth-order valence-corrected chi connectivity index (χ4v) is 3.17. The van der Waals surface area contributed by atoms with E-state index >= 15 is 0 Å². The van der Waals surface area contributed by atoms with Gasteiger partial charge in [0.05, 0.1) is 0 Å². The highest BCUT2D eigenvalue weighted by molar-refractivity contribution is 5.29. The van der Waals surface area contributed by atoms with Crippen molar-refractivity contribution in [3.63, 3.8) is 0 Å². The Hall–Kier alpha value is -2.26. The molecule has 0 aliphatic rings. The second kappa shape index (κ2) is 8.47. The highest BCUT2D eigenvalue weighted by atomic mass is 19.4. The van der Waals surface area contributed by atoms with E-state index in [1.807, 2.05) is 0 Å². The van der Waals surface area contributed by atoms with Crippen molar-refractivity contribution in [3.05, 3.63) is 71.8 Å². The van der Waals surface area contributed by atoms with Gasteiger partial charge < -0.3 is 0 Å². The van der Waals surface area contributed by atoms with Crippen molar-refractivity contribution >= 4 is 0 Å². The first-order valence-corrected chi connectivity index (χ1v) is 8.65. The molecule has 166 valence electrons. The number of benzene rings is 2. The Labute approximate surface area is 165 Å². The van der Waals surface area contributed by atoms with Crippen LogP contribution in [0.1, 0.15) is 35.8 Å². The maximum absolute atomic E-state index is 13.9. The van der Waals surface area contributed by atoms with Crippen LogP contribution >= 0.6 is 0 Å². The van der Waals surface area contributed by atoms with Gasteiger partial charge in [-0.15, -0.1) is 0 Å². The minimum atomic E-state index is -5.99. The third-order valence-electron chi connectivity index (χ3n) is 4.72. The van der Waals surface area contributed by atoms with E-state index < -0.39 is 48.9 Å². The summed E-state index contributed by atoms with van der Waals surface area (Å²) in [7, 11) is 0. The standard InChI is InChI=1S/C20H16F10/c21-17(22,19(25,26)27)11-15(13-7-3-1-4-8-13)16(14-9-5-2-6-10-14)12-18(23,24)20(28,29)30/h1-10,15-16H,11-12H2. The van der Waals surface area contributed by atoms with Crippen molar-refractivity contribution in [3.8, 4) is 0 Å². The van der Waals surface area contributed by atoms with Crippen LogP contribution in [0.3, 0.4) is 0 Å². The molecule has 0 radical (unpaired) electrons. The molecule has 2 aromatic carbocycles. The van der Waals surface area contributed by atoms with Gasteiger partial charge in [0.15, 0.2) is 0 Å². The van der Waals surface area contributed by atoms with E-state index in [9.17, 15) is 43.9 Å². The molecule has 0 spiro atoms. The zero-order valence-corrected chi connectivity index (χ0v) is 15.1. The van der Waals surface area contributed by atoms with Crippen molar-refractivity contribution in [2.24, 2.45) is 0 Å². The van der Waals surface area contributed by atoms with Crippen LogP contribution in [0.2, 0.25) is 0 Å². The number of hydrogen-bond acceptors (Lipinski definition) is 0. The highest BCUT2D eigenvalue weighted by Crippen LogP contribution is 2.51. The molecule has 0 aliphatic heterocycles. The Morgan fingerprint density at radius 1 is 0.467 bits per heavy atom. The summed E-state index contributed by atoms with van der Waals surface area (Å²) in [5, 5.41) is 0. The first kappa shape index (κ1) is 24.0. The second-order valence-corrected chi connectivity index (χ2v) is 6.85. The van der Waals surface area contributed by atoms with Crippen LogP contribution in [0.15, 0.2) is 60.7 Å². The molecule has 2 atom stereocenters. The van der Waals surface area contributed by atoms with Crippen molar-refractivity contribution in [1.82, 2.24) is 0 Å². The van der Waals surface area contributed by atoms with E-state index in [4.69, 9.17) is 0 Å². The SMILES string of the molecule is FC(F)(F)C(F)(F)CC(c1ccccc1)C(CC(F)(F)C(F)(F)F)c1ccccc1. The van der Waals surface area contributed by atoms with Gasteiger partial charge in [-0.1, -0.05) is 60.7 Å². The topological polar surface area (TPSA) is 0 Å². The molecule has 0 amide bonds. The third kappa shape index (κ3) is 5.46. The zero-order chi connectivity index (χ0) is 22.8. The van der Waals surface area contributed by atoms with Gasteiger partial charge in [0, 0.05) is 12.8 Å². The quantitative estimate of drug-likeness (QED) is 0.382. The Balaban J connectivity index is 2.61. The number of alkyl halides is 10. The summed E-state index contributed by atoms with van der Waals surface area (Å²) in [6.07, 6.45) is -15.9. The lowest BCUT2D eigenvalue weighted by atomic mass is 9.75. The molecule has 0 fully saturated rings. The molecule has 30 heavy (non-hydrogen) atoms. The number of hydrogen-bond donors (Lipinski definition) is 0. The summed E-state index contributed by atoms with van der Waals surface area (Å²) in [6, 6.07) is 12.4. The summed E-state index contributed by atoms with van der Waals surface area (Å²) in [5.74, 6) is -14.5. The van der Waals surface area contributed by atoms with Crippen molar-refractivity contribution in [1.29, 1.82) is 0 Å². The number of halogens is 10. The van der Waals surface area contributed by atoms with E-state index in [1.54, 1.807) is 0 Å². The molecule has 0 aromatic heterocycles. The van der Waals surface area contributed by atoms with E-state index in [-0.39, 0.29) is 11.1 Å². The zero-order valence-electron chi connectivity index (χ0n) is 15.1. The molecule has 10 heteroatoms. The molecular weight excluding hydrogens is 430 g/mol. The predicted octanol–water partition coefficient (Wildman–Crippen LogP) is 7.73. The summed E-state index contributed by atoms with van der Waals surface area (Å²) < 4.78 is 132. The molecule has 0 saturated carbocycles. The molecule has 0 bridgehead atoms. The van der Waals surface area contributed by atoms with Gasteiger partial charge in [-0.05, 0) is 23.0 Å². The Morgan fingerprint density at radius 2 is 0.733 bits per heavy atom. The fourth-order valence-electron chi connectivity index (χ4n) is 3.17. The minimum absolute atomic E-state index is 0.201. The van der Waals surface area contributed by atoms with E-state index in [0.29, 0.717) is 0 Å². The van der Waals surface area contributed by atoms with Gasteiger partial charge in [-0.2, -0.15) is 43.9 Å². The minimum Gasteiger partial charge on any atom is -0.196 e. The molecule has 0 saturated heterocycles. The molecule has 2 rings (SSSR count). The average Bonchev–Trinajstić information content (AvgIpc) is 2.64. The molecule has 0 N–H and O–H groups in total. The maximum atomic E-state index is 13.9. The summed E-state index contributed by atoms with van der Waals surface area (Å²) in [6.45, 7) is 0. The van der Waals surface area contributed by atoms with Crippen molar-refractivity contribution in [2.45, 2.75) is 48.9 Å². The first-order chi connectivity index (χ1) is 13.7. The lowest BCUT2D eigenvalue weighted by Gasteiger charge is -2.34. The average molecular weight is 446 g/mol. The molecule has 0 aliphatic carbocycles. The summed E-state index contributed by atoms with van der Waals surface area (Å²) >= 11 is 0. The van der Waals surface area contributed by atoms with E-state index in [0.717, 1.165) is 24.3 Å². The maximum Gasteiger partial charge on any atom is 0.453 e. The molecule has 2 unspecified atom stereocenters. The van der Waals surface area contributed by atoms with Crippen LogP contribution < -0.4 is 0 Å². The van der Waals surface area contributed by atoms with Gasteiger partial charge in [0.25, 0.3) is 0 Å². The monoisotopic (exact) mass is 446 g/mol. The summed E-state index contributed by atoms with van der Waals surface area (Å²) in [4.78, 5) is 0. The lowest BCUT2D eigenvalue weighted by molar-refractivity contribution is -0.292. The largest absolute Gasteiger partial charge is 0.453 e. The smallest absolute Gasteiger partial charge is 0.196 e. The van der Waals surface area contributed by atoms with Crippen molar-refractivity contribution < 1.29 is 43.9 Å². The van der Waals surface area contributed by atoms with Crippen LogP contribution in [0.5, 0.6) is 0 Å². The lowest BCUT2D eigenvalue weighted by Crippen LogP contribution is -2.41. The van der Waals surface area contributed by atoms with Gasteiger partial charge in [0.1, 0.15) is 0 Å². The van der Waals surface area contributed by atoms with Gasteiger partial charge >= 0.3 is 24.2 Å². The Morgan fingerprint density at radius 3 is 0.967 bits per heavy atom. The molecule has 2 aromatic rings. The second-order valence-electron chi connectivity index (χ2n) is 6.85. The number of rotatable bonds is 7. The van der Waals surface area contributed by atoms with Crippen LogP contribution in [0, 0.1) is 0 Å². The summed E-state index contributed by atoms with van der Waals surface area (Å²) in [5.41, 5.74) is -0.401. The van der Waals surface area contributed by atoms with Gasteiger partial charge in [0.2, 0.25) is 0 Å². The van der Waals surface area contributed by atoms with Gasteiger partial charge in [-0.25, -0.2) is 0 Å². The Kier molecular flexibility index (Phi) is 6.78. The molecule has 0 nitrogen and oxygen atoms in total. The van der Waals surface area contributed by atoms with Crippen LogP contribution in [0.25, 0.3) is 0 Å². The predicted molar refractivity (Wildman–Crippen MR) is 89.6 cm³/mol. The molecular formula is C20H16F10. The van der Waals surface area contributed by atoms with Crippen LogP contribution in [0.4, 0.5) is 43.9 Å². The van der Waals surface area contributed by atoms with Crippen LogP contribution in [-0.4, -0.2) is 24.2 Å². The van der Waals surface area contributed by atoms with E-state index in [2.05, 4.69) is 0 Å². The highest BCUT2D eigenvalue weighted by Gasteiger charge is 2.61.